The largest absolute Gasteiger partial charge is 0.390 e. The predicted molar refractivity (Wildman–Crippen MR) is 71.5 cm³/mol. The van der Waals surface area contributed by atoms with Gasteiger partial charge in [0.2, 0.25) is 0 Å². The highest BCUT2D eigenvalue weighted by Crippen LogP contribution is 2.27. The van der Waals surface area contributed by atoms with Crippen LogP contribution in [0.2, 0.25) is 0 Å². The van der Waals surface area contributed by atoms with Crippen molar-refractivity contribution < 1.29 is 19.7 Å². The Kier molecular flexibility index (Phi) is 4.58. The minimum absolute atomic E-state index is 0.307. The van der Waals surface area contributed by atoms with E-state index in [2.05, 4.69) is 0 Å². The van der Waals surface area contributed by atoms with Gasteiger partial charge < -0.3 is 19.7 Å². The van der Waals surface area contributed by atoms with E-state index in [9.17, 15) is 10.2 Å². The topological polar surface area (TPSA) is 58.9 Å². The fraction of sp³-hybridized carbons (Fsp3) is 0.600. The Bertz CT molecular complexity index is 390. The van der Waals surface area contributed by atoms with Crippen molar-refractivity contribution in [2.75, 3.05) is 6.61 Å². The Labute approximate surface area is 114 Å². The quantitative estimate of drug-likeness (QED) is 0.856. The lowest BCUT2D eigenvalue weighted by molar-refractivity contribution is -0.151. The van der Waals surface area contributed by atoms with E-state index in [1.165, 1.54) is 0 Å². The monoisotopic (exact) mass is 266 g/mol. The Hall–Kier alpha value is -0.940. The highest BCUT2D eigenvalue weighted by molar-refractivity contribution is 5.17. The van der Waals surface area contributed by atoms with Gasteiger partial charge in [0.1, 0.15) is 6.10 Å². The predicted octanol–water partition coefficient (Wildman–Crippen LogP) is 2.01. The summed E-state index contributed by atoms with van der Waals surface area (Å²) in [5.41, 5.74) is 0.874. The van der Waals surface area contributed by atoms with Crippen molar-refractivity contribution in [3.05, 3.63) is 35.9 Å². The van der Waals surface area contributed by atoms with E-state index in [-0.39, 0.29) is 6.10 Å². The van der Waals surface area contributed by atoms with E-state index in [4.69, 9.17) is 9.47 Å². The molecule has 1 heterocycles. The molecule has 0 aliphatic carbocycles. The zero-order valence-corrected chi connectivity index (χ0v) is 11.5. The lowest BCUT2D eigenvalue weighted by atomic mass is 10.0. The van der Waals surface area contributed by atoms with Crippen LogP contribution in [0.25, 0.3) is 0 Å². The highest BCUT2D eigenvalue weighted by Gasteiger charge is 2.36. The molecule has 1 aliphatic rings. The third-order valence-corrected chi connectivity index (χ3v) is 3.38. The molecule has 1 unspecified atom stereocenters. The zero-order valence-electron chi connectivity index (χ0n) is 11.5. The lowest BCUT2D eigenvalue weighted by Crippen LogP contribution is -2.30. The van der Waals surface area contributed by atoms with Gasteiger partial charge in [-0.1, -0.05) is 30.3 Å². The third-order valence-electron chi connectivity index (χ3n) is 3.38. The number of benzene rings is 1. The molecule has 0 bridgehead atoms. The van der Waals surface area contributed by atoms with Gasteiger partial charge in [-0.25, -0.2) is 0 Å². The van der Waals surface area contributed by atoms with Crippen LogP contribution in [0.4, 0.5) is 0 Å². The first kappa shape index (κ1) is 14.5. The highest BCUT2D eigenvalue weighted by atomic mass is 16.7. The van der Waals surface area contributed by atoms with Gasteiger partial charge >= 0.3 is 0 Å². The third kappa shape index (κ3) is 4.01. The maximum Gasteiger partial charge on any atom is 0.163 e. The van der Waals surface area contributed by atoms with Crippen LogP contribution < -0.4 is 0 Å². The molecule has 106 valence electrons. The zero-order chi connectivity index (χ0) is 13.9. The molecule has 3 atom stereocenters. The summed E-state index contributed by atoms with van der Waals surface area (Å²) in [7, 11) is 0. The number of rotatable bonds is 5. The van der Waals surface area contributed by atoms with Gasteiger partial charge in [-0.15, -0.1) is 0 Å². The SMILES string of the molecule is CC1(C)OC[C@H]([C@@H](O)CCC(O)c2ccccc2)O1. The summed E-state index contributed by atoms with van der Waals surface area (Å²) in [6.07, 6.45) is -0.477. The van der Waals surface area contributed by atoms with Crippen molar-refractivity contribution >= 4 is 0 Å². The van der Waals surface area contributed by atoms with Crippen molar-refractivity contribution in [1.29, 1.82) is 0 Å². The molecule has 1 fully saturated rings. The molecule has 0 saturated carbocycles. The molecule has 4 nitrogen and oxygen atoms in total. The van der Waals surface area contributed by atoms with E-state index < -0.39 is 18.0 Å². The summed E-state index contributed by atoms with van der Waals surface area (Å²) in [5.74, 6) is -0.621. The normalized spacial score (nSPS) is 25.2. The number of hydrogen-bond acceptors (Lipinski definition) is 4. The van der Waals surface area contributed by atoms with E-state index in [0.717, 1.165) is 5.56 Å². The van der Waals surface area contributed by atoms with Crippen LogP contribution in [0.1, 0.15) is 38.4 Å². The van der Waals surface area contributed by atoms with Gasteiger partial charge in [-0.2, -0.15) is 0 Å². The second-order valence-corrected chi connectivity index (χ2v) is 5.44. The molecule has 0 aromatic heterocycles. The molecule has 1 saturated heterocycles. The van der Waals surface area contributed by atoms with Crippen LogP contribution >= 0.6 is 0 Å². The van der Waals surface area contributed by atoms with Gasteiger partial charge in [0.15, 0.2) is 5.79 Å². The molecule has 1 aromatic rings. The Balaban J connectivity index is 1.79. The molecule has 19 heavy (non-hydrogen) atoms. The number of aliphatic hydroxyl groups is 2. The van der Waals surface area contributed by atoms with Gasteiger partial charge in [-0.3, -0.25) is 0 Å². The fourth-order valence-corrected chi connectivity index (χ4v) is 2.26. The maximum atomic E-state index is 10.1. The van der Waals surface area contributed by atoms with Crippen LogP contribution in [-0.2, 0) is 9.47 Å². The molecule has 0 amide bonds. The van der Waals surface area contributed by atoms with Crippen molar-refractivity contribution in [3.63, 3.8) is 0 Å². The summed E-state index contributed by atoms with van der Waals surface area (Å²) in [6.45, 7) is 4.06. The number of ether oxygens (including phenoxy) is 2. The van der Waals surface area contributed by atoms with E-state index in [0.29, 0.717) is 19.4 Å². The standard InChI is InChI=1S/C15H22O4/c1-15(2)18-10-14(19-15)13(17)9-8-12(16)11-6-4-3-5-7-11/h3-7,12-14,16-17H,8-10H2,1-2H3/t12?,13-,14+/m0/s1. The first-order valence-corrected chi connectivity index (χ1v) is 6.71. The van der Waals surface area contributed by atoms with Crippen molar-refractivity contribution in [2.24, 2.45) is 0 Å². The van der Waals surface area contributed by atoms with Crippen molar-refractivity contribution in [2.45, 2.75) is 50.8 Å². The van der Waals surface area contributed by atoms with E-state index in [1.54, 1.807) is 0 Å². The molecule has 2 rings (SSSR count). The second kappa shape index (κ2) is 6.01. The summed E-state index contributed by atoms with van der Waals surface area (Å²) in [6, 6.07) is 9.47. The Morgan fingerprint density at radius 3 is 2.47 bits per heavy atom. The van der Waals surface area contributed by atoms with Gasteiger partial charge in [-0.05, 0) is 32.3 Å². The van der Waals surface area contributed by atoms with Crippen LogP contribution in [0.3, 0.4) is 0 Å². The first-order valence-electron chi connectivity index (χ1n) is 6.71. The summed E-state index contributed by atoms with van der Waals surface area (Å²) >= 11 is 0. The number of hydrogen-bond donors (Lipinski definition) is 2. The van der Waals surface area contributed by atoms with Gasteiger partial charge in [0.25, 0.3) is 0 Å². The summed E-state index contributed by atoms with van der Waals surface area (Å²) in [4.78, 5) is 0. The number of aliphatic hydroxyl groups excluding tert-OH is 2. The lowest BCUT2D eigenvalue weighted by Gasteiger charge is -2.21. The molecular formula is C15H22O4. The van der Waals surface area contributed by atoms with Gasteiger partial charge in [0, 0.05) is 0 Å². The van der Waals surface area contributed by atoms with Crippen molar-refractivity contribution in [3.8, 4) is 0 Å². The minimum atomic E-state index is -0.621. The van der Waals surface area contributed by atoms with Crippen LogP contribution in [0, 0.1) is 0 Å². The average Bonchev–Trinajstić information content (AvgIpc) is 2.77. The molecule has 2 N–H and O–H groups in total. The first-order chi connectivity index (χ1) is 8.98. The second-order valence-electron chi connectivity index (χ2n) is 5.44. The summed E-state index contributed by atoms with van der Waals surface area (Å²) < 4.78 is 11.0. The van der Waals surface area contributed by atoms with Crippen molar-refractivity contribution in [1.82, 2.24) is 0 Å². The fourth-order valence-electron chi connectivity index (χ4n) is 2.26. The van der Waals surface area contributed by atoms with E-state index >= 15 is 0 Å². The van der Waals surface area contributed by atoms with Crippen LogP contribution in [0.15, 0.2) is 30.3 Å². The molecule has 1 aromatic carbocycles. The summed E-state index contributed by atoms with van der Waals surface area (Å²) in [5, 5.41) is 20.1. The smallest absolute Gasteiger partial charge is 0.163 e. The van der Waals surface area contributed by atoms with Crippen LogP contribution in [0.5, 0.6) is 0 Å². The molecule has 4 heteroatoms. The molecular weight excluding hydrogens is 244 g/mol. The Morgan fingerprint density at radius 2 is 1.89 bits per heavy atom. The molecule has 1 aliphatic heterocycles. The molecule has 0 radical (unpaired) electrons. The van der Waals surface area contributed by atoms with E-state index in [1.807, 2.05) is 44.2 Å². The average molecular weight is 266 g/mol. The minimum Gasteiger partial charge on any atom is -0.390 e. The van der Waals surface area contributed by atoms with Crippen LogP contribution in [-0.4, -0.2) is 34.8 Å². The maximum absolute atomic E-state index is 10.1. The van der Waals surface area contributed by atoms with Gasteiger partial charge in [0.05, 0.1) is 18.8 Å². The Morgan fingerprint density at radius 1 is 1.21 bits per heavy atom. The molecule has 0 spiro atoms.